The van der Waals surface area contributed by atoms with Gasteiger partial charge in [0, 0.05) is 12.6 Å². The highest BCUT2D eigenvalue weighted by molar-refractivity contribution is 5.97. The standard InChI is InChI=1S/C14H20N2O3/c1-16-8-4-5-10(9-16)15-14(18)11-6-3-7-12(19-2)13(11)17/h3,6-7,10,17H,4-5,8-9H2,1-2H3,(H,15,18). The van der Waals surface area contributed by atoms with Crippen LogP contribution >= 0.6 is 0 Å². The molecule has 0 spiro atoms. The number of methoxy groups -OCH3 is 1. The second kappa shape index (κ2) is 5.93. The summed E-state index contributed by atoms with van der Waals surface area (Å²) in [5.74, 6) is -0.0447. The zero-order chi connectivity index (χ0) is 13.8. The molecule has 2 rings (SSSR count). The van der Waals surface area contributed by atoms with E-state index in [9.17, 15) is 9.90 Å². The summed E-state index contributed by atoms with van der Waals surface area (Å²) in [6.07, 6.45) is 2.05. The predicted octanol–water partition coefficient (Wildman–Crippen LogP) is 1.22. The fourth-order valence-electron chi connectivity index (χ4n) is 2.42. The third-order valence-electron chi connectivity index (χ3n) is 3.42. The minimum absolute atomic E-state index is 0.105. The van der Waals surface area contributed by atoms with E-state index in [1.165, 1.54) is 7.11 Å². The first kappa shape index (κ1) is 13.7. The maximum Gasteiger partial charge on any atom is 0.255 e. The number of nitrogens with zero attached hydrogens (tertiary/aromatic N) is 1. The molecule has 0 bridgehead atoms. The largest absolute Gasteiger partial charge is 0.504 e. The van der Waals surface area contributed by atoms with Crippen LogP contribution in [0.2, 0.25) is 0 Å². The molecule has 0 aliphatic carbocycles. The molecule has 5 nitrogen and oxygen atoms in total. The molecule has 2 N–H and O–H groups in total. The molecule has 1 amide bonds. The second-order valence-corrected chi connectivity index (χ2v) is 4.93. The molecule has 1 saturated heterocycles. The Hall–Kier alpha value is -1.75. The van der Waals surface area contributed by atoms with Crippen LogP contribution in [0, 0.1) is 0 Å². The molecule has 0 saturated carbocycles. The third kappa shape index (κ3) is 3.17. The van der Waals surface area contributed by atoms with E-state index < -0.39 is 0 Å². The van der Waals surface area contributed by atoms with Gasteiger partial charge in [-0.3, -0.25) is 4.79 Å². The number of phenolic OH excluding ortho intramolecular Hbond substituents is 1. The van der Waals surface area contributed by atoms with Gasteiger partial charge in [0.25, 0.3) is 5.91 Å². The van der Waals surface area contributed by atoms with E-state index in [0.717, 1.165) is 25.9 Å². The van der Waals surface area contributed by atoms with E-state index in [0.29, 0.717) is 5.75 Å². The van der Waals surface area contributed by atoms with Crippen LogP contribution in [-0.4, -0.2) is 49.2 Å². The van der Waals surface area contributed by atoms with Crippen LogP contribution in [0.1, 0.15) is 23.2 Å². The van der Waals surface area contributed by atoms with Crippen LogP contribution < -0.4 is 10.1 Å². The zero-order valence-corrected chi connectivity index (χ0v) is 11.3. The minimum atomic E-state index is -0.253. The minimum Gasteiger partial charge on any atom is -0.504 e. The number of likely N-dealkylation sites (tertiary alicyclic amines) is 1. The molecule has 5 heteroatoms. The molecule has 0 radical (unpaired) electrons. The fraction of sp³-hybridized carbons (Fsp3) is 0.500. The molecular weight excluding hydrogens is 244 g/mol. The first-order valence-corrected chi connectivity index (χ1v) is 6.47. The number of hydrogen-bond donors (Lipinski definition) is 2. The number of likely N-dealkylation sites (N-methyl/N-ethyl adjacent to an activating group) is 1. The number of phenols is 1. The van der Waals surface area contributed by atoms with Crippen molar-refractivity contribution in [2.24, 2.45) is 0 Å². The highest BCUT2D eigenvalue weighted by Crippen LogP contribution is 2.29. The first-order chi connectivity index (χ1) is 9.11. The van der Waals surface area contributed by atoms with Crippen LogP contribution in [-0.2, 0) is 0 Å². The van der Waals surface area contributed by atoms with Gasteiger partial charge < -0.3 is 20.1 Å². The molecule has 1 fully saturated rings. The second-order valence-electron chi connectivity index (χ2n) is 4.93. The number of nitrogens with one attached hydrogen (secondary N) is 1. The Morgan fingerprint density at radius 1 is 1.53 bits per heavy atom. The molecule has 1 aromatic rings. The van der Waals surface area contributed by atoms with E-state index in [4.69, 9.17) is 4.74 Å². The van der Waals surface area contributed by atoms with Crippen molar-refractivity contribution >= 4 is 5.91 Å². The summed E-state index contributed by atoms with van der Waals surface area (Å²) < 4.78 is 5.00. The van der Waals surface area contributed by atoms with E-state index in [2.05, 4.69) is 10.2 Å². The van der Waals surface area contributed by atoms with Crippen molar-refractivity contribution in [2.45, 2.75) is 18.9 Å². The topological polar surface area (TPSA) is 61.8 Å². The Balaban J connectivity index is 2.07. The van der Waals surface area contributed by atoms with Crippen molar-refractivity contribution in [3.8, 4) is 11.5 Å². The molecule has 1 atom stereocenters. The number of benzene rings is 1. The van der Waals surface area contributed by atoms with Crippen LogP contribution in [0.25, 0.3) is 0 Å². The van der Waals surface area contributed by atoms with Gasteiger partial charge in [-0.05, 0) is 38.6 Å². The summed E-state index contributed by atoms with van der Waals surface area (Å²) >= 11 is 0. The Kier molecular flexibility index (Phi) is 4.27. The lowest BCUT2D eigenvalue weighted by molar-refractivity contribution is 0.0909. The lowest BCUT2D eigenvalue weighted by Gasteiger charge is -2.30. The molecule has 1 aliphatic heterocycles. The number of amides is 1. The molecule has 1 unspecified atom stereocenters. The van der Waals surface area contributed by atoms with Gasteiger partial charge >= 0.3 is 0 Å². The Bertz CT molecular complexity index is 462. The van der Waals surface area contributed by atoms with Crippen molar-refractivity contribution in [2.75, 3.05) is 27.2 Å². The molecule has 1 aliphatic rings. The molecule has 19 heavy (non-hydrogen) atoms. The number of carbonyl (C=O) groups is 1. The van der Waals surface area contributed by atoms with E-state index in [-0.39, 0.29) is 23.3 Å². The molecule has 1 aromatic carbocycles. The van der Waals surface area contributed by atoms with E-state index in [1.807, 2.05) is 7.05 Å². The maximum atomic E-state index is 12.2. The summed E-state index contributed by atoms with van der Waals surface area (Å²) in [5.41, 5.74) is 0.257. The number of rotatable bonds is 3. The summed E-state index contributed by atoms with van der Waals surface area (Å²) in [5, 5.41) is 12.9. The average Bonchev–Trinajstić information content (AvgIpc) is 2.39. The summed E-state index contributed by atoms with van der Waals surface area (Å²) in [4.78, 5) is 14.4. The number of aromatic hydroxyl groups is 1. The van der Waals surface area contributed by atoms with Gasteiger partial charge in [-0.1, -0.05) is 6.07 Å². The van der Waals surface area contributed by atoms with Crippen LogP contribution in [0.15, 0.2) is 18.2 Å². The SMILES string of the molecule is COc1cccc(C(=O)NC2CCCN(C)C2)c1O. The fourth-order valence-corrected chi connectivity index (χ4v) is 2.42. The normalized spacial score (nSPS) is 20.0. The Morgan fingerprint density at radius 3 is 3.00 bits per heavy atom. The lowest BCUT2D eigenvalue weighted by atomic mass is 10.1. The monoisotopic (exact) mass is 264 g/mol. The van der Waals surface area contributed by atoms with Crippen LogP contribution in [0.3, 0.4) is 0 Å². The number of hydrogen-bond acceptors (Lipinski definition) is 4. The summed E-state index contributed by atoms with van der Waals surface area (Å²) in [6.45, 7) is 1.91. The smallest absolute Gasteiger partial charge is 0.255 e. The Morgan fingerprint density at radius 2 is 2.32 bits per heavy atom. The summed E-state index contributed by atoms with van der Waals surface area (Å²) in [6, 6.07) is 5.05. The highest BCUT2D eigenvalue weighted by atomic mass is 16.5. The van der Waals surface area contributed by atoms with Crippen molar-refractivity contribution in [1.29, 1.82) is 0 Å². The van der Waals surface area contributed by atoms with Gasteiger partial charge in [0.2, 0.25) is 0 Å². The maximum absolute atomic E-state index is 12.2. The summed E-state index contributed by atoms with van der Waals surface area (Å²) in [7, 11) is 3.51. The first-order valence-electron chi connectivity index (χ1n) is 6.47. The zero-order valence-electron chi connectivity index (χ0n) is 11.3. The van der Waals surface area contributed by atoms with Gasteiger partial charge in [0.1, 0.15) is 0 Å². The number of para-hydroxylation sites is 1. The molecule has 0 aromatic heterocycles. The lowest BCUT2D eigenvalue weighted by Crippen LogP contribution is -2.46. The number of ether oxygens (including phenoxy) is 1. The molecule has 104 valence electrons. The molecular formula is C14H20N2O3. The predicted molar refractivity (Wildman–Crippen MR) is 72.6 cm³/mol. The van der Waals surface area contributed by atoms with Crippen molar-refractivity contribution < 1.29 is 14.6 Å². The van der Waals surface area contributed by atoms with Gasteiger partial charge in [-0.2, -0.15) is 0 Å². The van der Waals surface area contributed by atoms with Crippen molar-refractivity contribution in [3.05, 3.63) is 23.8 Å². The van der Waals surface area contributed by atoms with Crippen LogP contribution in [0.4, 0.5) is 0 Å². The molecule has 1 heterocycles. The number of carbonyl (C=O) groups excluding carboxylic acids is 1. The van der Waals surface area contributed by atoms with Gasteiger partial charge in [-0.15, -0.1) is 0 Å². The Labute approximate surface area is 113 Å². The van der Waals surface area contributed by atoms with Gasteiger partial charge in [0.15, 0.2) is 11.5 Å². The average molecular weight is 264 g/mol. The van der Waals surface area contributed by atoms with E-state index in [1.54, 1.807) is 18.2 Å². The van der Waals surface area contributed by atoms with Crippen molar-refractivity contribution in [1.82, 2.24) is 10.2 Å². The number of piperidine rings is 1. The highest BCUT2D eigenvalue weighted by Gasteiger charge is 2.21. The third-order valence-corrected chi connectivity index (χ3v) is 3.42. The van der Waals surface area contributed by atoms with E-state index >= 15 is 0 Å². The van der Waals surface area contributed by atoms with Crippen LogP contribution in [0.5, 0.6) is 11.5 Å². The quantitative estimate of drug-likeness (QED) is 0.862. The van der Waals surface area contributed by atoms with Crippen molar-refractivity contribution in [3.63, 3.8) is 0 Å². The van der Waals surface area contributed by atoms with Gasteiger partial charge in [-0.25, -0.2) is 0 Å². The van der Waals surface area contributed by atoms with Gasteiger partial charge in [0.05, 0.1) is 12.7 Å².